The lowest BCUT2D eigenvalue weighted by Gasteiger charge is -2.37. The summed E-state index contributed by atoms with van der Waals surface area (Å²) < 4.78 is 6.45. The zero-order valence-corrected chi connectivity index (χ0v) is 18.6. The fraction of sp³-hybridized carbons (Fsp3) is 0.680. The minimum absolute atomic E-state index is 0.0379. The molecule has 1 aliphatic heterocycles. The summed E-state index contributed by atoms with van der Waals surface area (Å²) in [7, 11) is 0. The van der Waals surface area contributed by atoms with Gasteiger partial charge in [-0.15, -0.1) is 0 Å². The molecule has 1 atom stereocenters. The number of fused-ring (bicyclic) bond motifs is 1. The molecule has 2 nitrogen and oxygen atoms in total. The van der Waals surface area contributed by atoms with Crippen molar-refractivity contribution < 1.29 is 9.84 Å². The van der Waals surface area contributed by atoms with Crippen LogP contribution in [0, 0.1) is 11.8 Å². The summed E-state index contributed by atoms with van der Waals surface area (Å²) in [5.74, 6) is 2.58. The van der Waals surface area contributed by atoms with Gasteiger partial charge in [-0.3, -0.25) is 0 Å². The summed E-state index contributed by atoms with van der Waals surface area (Å²) in [6.07, 6.45) is 10.8. The van der Waals surface area contributed by atoms with Crippen LogP contribution < -0.4 is 4.74 Å². The van der Waals surface area contributed by atoms with Crippen molar-refractivity contribution in [3.05, 3.63) is 35.4 Å². The highest BCUT2D eigenvalue weighted by Crippen LogP contribution is 2.43. The van der Waals surface area contributed by atoms with Crippen molar-refractivity contribution in [3.63, 3.8) is 0 Å². The Morgan fingerprint density at radius 2 is 1.93 bits per heavy atom. The van der Waals surface area contributed by atoms with Gasteiger partial charge in [0.15, 0.2) is 0 Å². The molecule has 1 heterocycles. The zero-order chi connectivity index (χ0) is 20.2. The summed E-state index contributed by atoms with van der Waals surface area (Å²) in [5.41, 5.74) is 2.01. The topological polar surface area (TPSA) is 29.5 Å². The SMILES string of the molecule is CC(C)/C=C\CC1(C)CCc2c(O)cc(C(C)(C)CCCC(C)C)cc2O1. The third kappa shape index (κ3) is 6.02. The maximum atomic E-state index is 10.6. The van der Waals surface area contributed by atoms with Crippen molar-refractivity contribution in [1.29, 1.82) is 0 Å². The summed E-state index contributed by atoms with van der Waals surface area (Å²) in [6, 6.07) is 4.16. The molecule has 152 valence electrons. The minimum Gasteiger partial charge on any atom is -0.508 e. The standard InChI is InChI=1S/C25H40O2/c1-18(2)10-8-13-24(5,6)20-16-22(26)21-12-15-25(7,27-23(21)17-20)14-9-11-19(3)4/h9,11,16-19,26H,8,10,12-15H2,1-7H3/b11-9-. The van der Waals surface area contributed by atoms with Crippen LogP contribution in [0.15, 0.2) is 24.3 Å². The van der Waals surface area contributed by atoms with Crippen LogP contribution in [0.5, 0.6) is 11.5 Å². The summed E-state index contributed by atoms with van der Waals surface area (Å²) in [5, 5.41) is 10.6. The predicted molar refractivity (Wildman–Crippen MR) is 116 cm³/mol. The molecule has 2 heteroatoms. The predicted octanol–water partition coefficient (Wildman–Crippen LogP) is 7.18. The molecule has 1 aromatic rings. The molecule has 1 N–H and O–H groups in total. The second kappa shape index (κ2) is 8.71. The summed E-state index contributed by atoms with van der Waals surface area (Å²) in [6.45, 7) is 15.7. The molecule has 27 heavy (non-hydrogen) atoms. The van der Waals surface area contributed by atoms with E-state index < -0.39 is 0 Å². The molecular formula is C25H40O2. The lowest BCUT2D eigenvalue weighted by atomic mass is 9.78. The Balaban J connectivity index is 2.19. The Labute approximate surface area is 167 Å². The van der Waals surface area contributed by atoms with Crippen LogP contribution in [0.4, 0.5) is 0 Å². The highest BCUT2D eigenvalue weighted by molar-refractivity contribution is 5.50. The first-order valence-electron chi connectivity index (χ1n) is 10.7. The van der Waals surface area contributed by atoms with Gasteiger partial charge in [0.2, 0.25) is 0 Å². The Kier molecular flexibility index (Phi) is 7.05. The molecule has 0 aromatic heterocycles. The number of allylic oxidation sites excluding steroid dienone is 1. The smallest absolute Gasteiger partial charge is 0.127 e. The second-order valence-corrected chi connectivity index (χ2v) is 10.1. The highest BCUT2D eigenvalue weighted by Gasteiger charge is 2.33. The first-order chi connectivity index (χ1) is 12.5. The van der Waals surface area contributed by atoms with E-state index in [1.54, 1.807) is 0 Å². The monoisotopic (exact) mass is 372 g/mol. The van der Waals surface area contributed by atoms with E-state index in [1.165, 1.54) is 18.4 Å². The molecule has 2 rings (SSSR count). The van der Waals surface area contributed by atoms with E-state index in [2.05, 4.69) is 66.7 Å². The van der Waals surface area contributed by atoms with E-state index in [1.807, 2.05) is 6.07 Å². The van der Waals surface area contributed by atoms with Gasteiger partial charge in [0, 0.05) is 12.0 Å². The Hall–Kier alpha value is -1.44. The molecular weight excluding hydrogens is 332 g/mol. The first kappa shape index (κ1) is 21.9. The Bertz CT molecular complexity index is 655. The molecule has 0 saturated carbocycles. The van der Waals surface area contributed by atoms with Crippen LogP contribution in [-0.4, -0.2) is 10.7 Å². The molecule has 0 aliphatic carbocycles. The Morgan fingerprint density at radius 1 is 1.22 bits per heavy atom. The van der Waals surface area contributed by atoms with Gasteiger partial charge in [-0.25, -0.2) is 0 Å². The van der Waals surface area contributed by atoms with Crippen LogP contribution >= 0.6 is 0 Å². The van der Waals surface area contributed by atoms with Crippen molar-refractivity contribution >= 4 is 0 Å². The van der Waals surface area contributed by atoms with Gasteiger partial charge >= 0.3 is 0 Å². The van der Waals surface area contributed by atoms with Gasteiger partial charge in [0.1, 0.15) is 17.1 Å². The van der Waals surface area contributed by atoms with Crippen molar-refractivity contribution in [2.24, 2.45) is 11.8 Å². The normalized spacial score (nSPS) is 20.3. The largest absolute Gasteiger partial charge is 0.508 e. The van der Waals surface area contributed by atoms with Crippen molar-refractivity contribution in [3.8, 4) is 11.5 Å². The van der Waals surface area contributed by atoms with E-state index in [0.29, 0.717) is 11.7 Å². The number of hydrogen-bond acceptors (Lipinski definition) is 2. The third-order valence-electron chi connectivity index (χ3n) is 5.88. The number of phenols is 1. The van der Waals surface area contributed by atoms with Crippen LogP contribution in [0.2, 0.25) is 0 Å². The molecule has 0 saturated heterocycles. The number of phenolic OH excluding ortho intramolecular Hbond substituents is 1. The van der Waals surface area contributed by atoms with E-state index in [0.717, 1.165) is 42.9 Å². The Morgan fingerprint density at radius 3 is 2.56 bits per heavy atom. The van der Waals surface area contributed by atoms with Crippen molar-refractivity contribution in [1.82, 2.24) is 0 Å². The van der Waals surface area contributed by atoms with E-state index in [9.17, 15) is 5.11 Å². The van der Waals surface area contributed by atoms with Gasteiger partial charge in [0.25, 0.3) is 0 Å². The molecule has 0 amide bonds. The van der Waals surface area contributed by atoms with Gasteiger partial charge < -0.3 is 9.84 Å². The fourth-order valence-electron chi connectivity index (χ4n) is 3.90. The van der Waals surface area contributed by atoms with Crippen LogP contribution in [0.3, 0.4) is 0 Å². The maximum absolute atomic E-state index is 10.6. The van der Waals surface area contributed by atoms with Crippen molar-refractivity contribution in [2.45, 2.75) is 98.0 Å². The molecule has 0 bridgehead atoms. The number of rotatable bonds is 8. The number of hydrogen-bond donors (Lipinski definition) is 1. The molecule has 0 spiro atoms. The molecule has 1 aliphatic rings. The van der Waals surface area contributed by atoms with E-state index >= 15 is 0 Å². The second-order valence-electron chi connectivity index (χ2n) is 10.1. The fourth-order valence-corrected chi connectivity index (χ4v) is 3.90. The number of aromatic hydroxyl groups is 1. The van der Waals surface area contributed by atoms with Crippen LogP contribution in [0.25, 0.3) is 0 Å². The molecule has 0 fully saturated rings. The van der Waals surface area contributed by atoms with Gasteiger partial charge in [-0.05, 0) is 61.1 Å². The average molecular weight is 373 g/mol. The van der Waals surface area contributed by atoms with Gasteiger partial charge in [-0.1, -0.05) is 66.5 Å². The average Bonchev–Trinajstić information content (AvgIpc) is 2.53. The lowest BCUT2D eigenvalue weighted by Crippen LogP contribution is -2.36. The van der Waals surface area contributed by atoms with E-state index in [-0.39, 0.29) is 11.0 Å². The first-order valence-corrected chi connectivity index (χ1v) is 10.7. The summed E-state index contributed by atoms with van der Waals surface area (Å²) in [4.78, 5) is 0. The molecule has 0 radical (unpaired) electrons. The molecule has 1 aromatic carbocycles. The molecule has 1 unspecified atom stereocenters. The highest BCUT2D eigenvalue weighted by atomic mass is 16.5. The van der Waals surface area contributed by atoms with Crippen molar-refractivity contribution in [2.75, 3.05) is 0 Å². The third-order valence-corrected chi connectivity index (χ3v) is 5.88. The summed E-state index contributed by atoms with van der Waals surface area (Å²) >= 11 is 0. The number of benzene rings is 1. The minimum atomic E-state index is -0.189. The maximum Gasteiger partial charge on any atom is 0.127 e. The van der Waals surface area contributed by atoms with Gasteiger partial charge in [0.05, 0.1) is 0 Å². The lowest BCUT2D eigenvalue weighted by molar-refractivity contribution is 0.0669. The van der Waals surface area contributed by atoms with Crippen LogP contribution in [0.1, 0.15) is 91.7 Å². The quantitative estimate of drug-likeness (QED) is 0.490. The van der Waals surface area contributed by atoms with Gasteiger partial charge in [-0.2, -0.15) is 0 Å². The van der Waals surface area contributed by atoms with Crippen LogP contribution in [-0.2, 0) is 11.8 Å². The zero-order valence-electron chi connectivity index (χ0n) is 18.6. The van der Waals surface area contributed by atoms with E-state index in [4.69, 9.17) is 4.74 Å². The number of ether oxygens (including phenoxy) is 1.